The summed E-state index contributed by atoms with van der Waals surface area (Å²) < 4.78 is 16.2. The van der Waals surface area contributed by atoms with Crippen LogP contribution in [-0.2, 0) is 30.0 Å². The summed E-state index contributed by atoms with van der Waals surface area (Å²) in [5.74, 6) is 1.31. The first kappa shape index (κ1) is 47.0. The van der Waals surface area contributed by atoms with Gasteiger partial charge in [0.2, 0.25) is 6.57 Å². The molecule has 1 aliphatic carbocycles. The monoisotopic (exact) mass is 883 g/mol. The molecular weight excluding hydrogens is 828 g/mol. The second-order valence-corrected chi connectivity index (χ2v) is 24.5. The summed E-state index contributed by atoms with van der Waals surface area (Å²) in [6, 6.07) is 4.04. The third kappa shape index (κ3) is 19.4. The minimum atomic E-state index is -2.51. The molecular formula is C31H57BBr2Cl2N4O2P2S2. The van der Waals surface area contributed by atoms with Gasteiger partial charge in [0.05, 0.1) is 7.85 Å². The second-order valence-electron chi connectivity index (χ2n) is 11.2. The molecule has 15 heteroatoms. The molecule has 266 valence electrons. The van der Waals surface area contributed by atoms with Gasteiger partial charge < -0.3 is 15.4 Å². The Balaban J connectivity index is 0. The lowest BCUT2D eigenvalue weighted by Gasteiger charge is -2.35. The van der Waals surface area contributed by atoms with Gasteiger partial charge in [-0.05, 0) is 128 Å². The number of nitrogens with zero attached hydrogens (tertiary/aromatic N) is 2. The zero-order valence-electron chi connectivity index (χ0n) is 29.7. The molecule has 4 N–H and O–H groups in total. The first-order valence-corrected chi connectivity index (χ1v) is 24.8. The largest absolute Gasteiger partial charge is 0.507 e. The summed E-state index contributed by atoms with van der Waals surface area (Å²) >= 11 is 28.4. The van der Waals surface area contributed by atoms with Crippen molar-refractivity contribution in [1.82, 2.24) is 14.4 Å². The van der Waals surface area contributed by atoms with E-state index >= 15 is 0 Å². The molecule has 2 rings (SSSR count). The molecule has 1 aromatic rings. The van der Waals surface area contributed by atoms with Crippen LogP contribution in [0.5, 0.6) is 11.5 Å². The number of halogens is 4. The van der Waals surface area contributed by atoms with Crippen molar-refractivity contribution in [3.63, 3.8) is 0 Å². The normalized spacial score (nSPS) is 17.6. The Bertz CT molecular complexity index is 1170. The maximum atomic E-state index is 11.3. The predicted octanol–water partition coefficient (Wildman–Crippen LogP) is 10.5. The van der Waals surface area contributed by atoms with Gasteiger partial charge in [-0.2, -0.15) is 0 Å². The van der Waals surface area contributed by atoms with E-state index in [-0.39, 0.29) is 18.6 Å². The number of phenols is 1. The summed E-state index contributed by atoms with van der Waals surface area (Å²) in [6.07, 6.45) is 9.80. The van der Waals surface area contributed by atoms with Crippen molar-refractivity contribution in [2.45, 2.75) is 78.4 Å². The van der Waals surface area contributed by atoms with Crippen LogP contribution in [0.3, 0.4) is 0 Å². The number of aryl methyl sites for hydroxylation is 1. The molecule has 0 saturated heterocycles. The van der Waals surface area contributed by atoms with Gasteiger partial charge in [0.1, 0.15) is 11.5 Å². The number of hydrogen-bond acceptors (Lipinski definition) is 5. The van der Waals surface area contributed by atoms with Crippen LogP contribution in [0.1, 0.15) is 77.7 Å². The van der Waals surface area contributed by atoms with Gasteiger partial charge in [-0.1, -0.05) is 105 Å². The Kier molecular flexibility index (Phi) is 27.4. The molecule has 0 aromatic heterocycles. The van der Waals surface area contributed by atoms with Crippen LogP contribution >= 0.6 is 65.8 Å². The van der Waals surface area contributed by atoms with Gasteiger partial charge in [-0.3, -0.25) is 4.67 Å². The van der Waals surface area contributed by atoms with Gasteiger partial charge in [0.15, 0.2) is 4.89 Å². The fraction of sp³-hybridized carbons (Fsp3) is 0.677. The van der Waals surface area contributed by atoms with E-state index in [4.69, 9.17) is 45.9 Å². The van der Waals surface area contributed by atoms with Crippen molar-refractivity contribution in [1.29, 1.82) is 0 Å². The van der Waals surface area contributed by atoms with E-state index in [2.05, 4.69) is 96.1 Å². The molecule has 6 nitrogen and oxygen atoms in total. The van der Waals surface area contributed by atoms with Crippen molar-refractivity contribution < 1.29 is 11.0 Å². The number of hydrogen-bond donors (Lipinski definition) is 3. The maximum Gasteiger partial charge on any atom is 0.250 e. The molecule has 0 heterocycles. The molecule has 0 amide bonds. The van der Waals surface area contributed by atoms with Crippen LogP contribution in [0.25, 0.3) is 0 Å². The van der Waals surface area contributed by atoms with Crippen molar-refractivity contribution in [2.24, 2.45) is 11.7 Å². The van der Waals surface area contributed by atoms with Crippen LogP contribution in [0.2, 0.25) is 6.80 Å². The van der Waals surface area contributed by atoms with Gasteiger partial charge >= 0.3 is 0 Å². The van der Waals surface area contributed by atoms with E-state index in [0.29, 0.717) is 18.0 Å². The van der Waals surface area contributed by atoms with E-state index in [0.717, 1.165) is 72.4 Å². The SMILES string of the molecule is C=C(C)[C@@H]1CCC(C)=C[C@H]1c1c(O)cc(CCCCC)cc1OP(=S)(NCCBr)N(C)C.CN(C)P(=S)(Cl)Cl.NCCCBr.[2H]C[B]. The van der Waals surface area contributed by atoms with Gasteiger partial charge in [-0.25, -0.2) is 9.76 Å². The summed E-state index contributed by atoms with van der Waals surface area (Å²) in [7, 11) is 11.9. The molecule has 46 heavy (non-hydrogen) atoms. The zero-order chi connectivity index (χ0) is 36.8. The summed E-state index contributed by atoms with van der Waals surface area (Å²) in [4.78, 5) is -2.13. The number of alkyl halides is 2. The molecule has 2 radical (unpaired) electrons. The van der Waals surface area contributed by atoms with Gasteiger partial charge in [0.25, 0.3) is 0 Å². The molecule has 1 aromatic carbocycles. The minimum Gasteiger partial charge on any atom is -0.507 e. The van der Waals surface area contributed by atoms with E-state index in [9.17, 15) is 5.11 Å². The van der Waals surface area contributed by atoms with E-state index in [1.165, 1.54) is 12.0 Å². The zero-order valence-corrected chi connectivity index (χ0v) is 36.8. The Morgan fingerprint density at radius 2 is 1.78 bits per heavy atom. The highest BCUT2D eigenvalue weighted by Gasteiger charge is 2.33. The highest BCUT2D eigenvalue weighted by molar-refractivity contribution is 9.09. The van der Waals surface area contributed by atoms with Crippen molar-refractivity contribution in [3.05, 3.63) is 47.1 Å². The minimum absolute atomic E-state index is 0. The Hall–Kier alpha value is 1.04. The summed E-state index contributed by atoms with van der Waals surface area (Å²) in [5, 5.41) is 16.5. The number of unbranched alkanes of at least 4 members (excludes halogenated alkanes) is 2. The number of rotatable bonds is 15. The van der Waals surface area contributed by atoms with Crippen molar-refractivity contribution >= 4 is 97.3 Å². The number of aromatic hydroxyl groups is 1. The first-order chi connectivity index (χ1) is 21.9. The molecule has 0 aliphatic heterocycles. The third-order valence-electron chi connectivity index (χ3n) is 6.92. The number of nitrogens with one attached hydrogen (secondary N) is 1. The average molecular weight is 886 g/mol. The molecule has 0 fully saturated rings. The number of nitrogens with two attached hydrogens (primary N) is 1. The average Bonchev–Trinajstić information content (AvgIpc) is 2.97. The lowest BCUT2D eigenvalue weighted by Crippen LogP contribution is -2.27. The smallest absolute Gasteiger partial charge is 0.250 e. The first-order valence-electron chi connectivity index (χ1n) is 16.0. The molecule has 0 saturated carbocycles. The summed E-state index contributed by atoms with van der Waals surface area (Å²) in [6.45, 7) is 9.72. The van der Waals surface area contributed by atoms with Gasteiger partial charge in [0, 0.05) is 30.1 Å². The van der Waals surface area contributed by atoms with E-state index in [1.54, 1.807) is 18.8 Å². The maximum absolute atomic E-state index is 11.3. The molecule has 0 bridgehead atoms. The molecule has 1 aliphatic rings. The van der Waals surface area contributed by atoms with E-state index < -0.39 is 11.5 Å². The highest BCUT2D eigenvalue weighted by atomic mass is 79.9. The van der Waals surface area contributed by atoms with Crippen LogP contribution in [0.4, 0.5) is 0 Å². The summed E-state index contributed by atoms with van der Waals surface area (Å²) in [5.41, 5.74) is 9.53. The second kappa shape index (κ2) is 26.8. The highest BCUT2D eigenvalue weighted by Crippen LogP contribution is 2.58. The predicted molar refractivity (Wildman–Crippen MR) is 225 cm³/mol. The molecule has 3 atom stereocenters. The lowest BCUT2D eigenvalue weighted by molar-refractivity contribution is 0.421. The van der Waals surface area contributed by atoms with E-state index in [1.807, 2.05) is 24.8 Å². The van der Waals surface area contributed by atoms with Crippen LogP contribution in [-0.4, -0.2) is 74.2 Å². The third-order valence-corrected chi connectivity index (χ3v) is 15.3. The van der Waals surface area contributed by atoms with Crippen molar-refractivity contribution in [2.75, 3.05) is 51.9 Å². The number of benzene rings is 1. The fourth-order valence-corrected chi connectivity index (χ4v) is 7.02. The van der Waals surface area contributed by atoms with Crippen LogP contribution in [0.15, 0.2) is 35.9 Å². The van der Waals surface area contributed by atoms with Gasteiger partial charge in [-0.15, -0.1) is 0 Å². The number of allylic oxidation sites excluding steroid dienone is 3. The Labute approximate surface area is 320 Å². The molecule has 1 unspecified atom stereocenters. The van der Waals surface area contributed by atoms with Crippen molar-refractivity contribution in [3.8, 4) is 11.5 Å². The lowest BCUT2D eigenvalue weighted by atomic mass is 9.73. The standard InChI is InChI=1S/C25H40BrN2O2PS.C3H8BrN.C2H6Cl2NPS.CH3B/c1-7-8-9-10-20-16-23(29)25(22-15-19(4)11-12-21(22)18(2)3)24(17-20)30-31(32,28(5)6)27-14-13-26;4-2-1-3-5;1-5(2)6(3,4)7;1-2/h15-17,21-22,29H,2,7-14H2,1,3-6H3,(H,27,32);1-3,5H2;1-2H3;1H3/t21-,22+,31?;;;/m0.../s1/i;;;1D. The fourth-order valence-electron chi connectivity index (χ4n) is 4.36. The Morgan fingerprint density at radius 1 is 1.20 bits per heavy atom. The molecule has 0 spiro atoms. The quantitative estimate of drug-likeness (QED) is 0.0529. The van der Waals surface area contributed by atoms with Crippen LogP contribution in [0, 0.1) is 5.92 Å². The number of phenolic OH excluding ortho intramolecular Hbond substituents is 1. The Morgan fingerprint density at radius 3 is 2.20 bits per heavy atom. The van der Waals surface area contributed by atoms with Crippen LogP contribution < -0.4 is 15.3 Å². The topological polar surface area (TPSA) is 74.0 Å².